The van der Waals surface area contributed by atoms with Crippen LogP contribution < -0.4 is 0 Å². The molecule has 0 bridgehead atoms. The number of halogens is 3. The Morgan fingerprint density at radius 3 is 2.47 bits per heavy atom. The molecule has 0 N–H and O–H groups in total. The number of nitrogens with zero attached hydrogens (tertiary/aromatic N) is 2. The fourth-order valence-electron chi connectivity index (χ4n) is 0.922. The molecule has 0 fully saturated rings. The van der Waals surface area contributed by atoms with Crippen LogP contribution in [-0.2, 0) is 10.9 Å². The van der Waals surface area contributed by atoms with Crippen LogP contribution in [0.4, 0.5) is 13.2 Å². The summed E-state index contributed by atoms with van der Waals surface area (Å²) in [6, 6.07) is 0.554. The van der Waals surface area contributed by atoms with E-state index in [1.165, 1.54) is 6.92 Å². The number of aryl methyl sites for hydroxylation is 1. The molecule has 1 rings (SSSR count). The van der Waals surface area contributed by atoms with Crippen molar-refractivity contribution in [3.05, 3.63) is 23.3 Å². The molecule has 0 atom stereocenters. The summed E-state index contributed by atoms with van der Waals surface area (Å²) < 4.78 is 41.1. The molecule has 0 aliphatic heterocycles. The van der Waals surface area contributed by atoms with E-state index in [0.29, 0.717) is 6.07 Å². The van der Waals surface area contributed by atoms with E-state index < -0.39 is 23.5 Å². The Bertz CT molecular complexity index is 390. The minimum atomic E-state index is -4.60. The molecular weight excluding hydrogens is 213 g/mol. The van der Waals surface area contributed by atoms with Crippen LogP contribution in [0.15, 0.2) is 6.07 Å². The fraction of sp³-hybridized carbons (Fsp3) is 0.375. The summed E-state index contributed by atoms with van der Waals surface area (Å²) >= 11 is 0. The molecule has 4 nitrogen and oxygen atoms in total. The van der Waals surface area contributed by atoms with Gasteiger partial charge in [0.2, 0.25) is 0 Å². The number of ether oxygens (including phenoxy) is 1. The molecule has 7 heteroatoms. The minimum absolute atomic E-state index is 0.134. The lowest BCUT2D eigenvalue weighted by molar-refractivity contribution is -0.141. The molecule has 0 saturated carbocycles. The van der Waals surface area contributed by atoms with Gasteiger partial charge in [0.05, 0.1) is 7.11 Å². The van der Waals surface area contributed by atoms with Gasteiger partial charge in [-0.25, -0.2) is 14.8 Å². The van der Waals surface area contributed by atoms with Crippen molar-refractivity contribution < 1.29 is 22.7 Å². The highest BCUT2D eigenvalue weighted by Gasteiger charge is 2.34. The Kier molecular flexibility index (Phi) is 2.92. The van der Waals surface area contributed by atoms with Crippen LogP contribution >= 0.6 is 0 Å². The van der Waals surface area contributed by atoms with E-state index in [1.54, 1.807) is 0 Å². The van der Waals surface area contributed by atoms with E-state index in [4.69, 9.17) is 0 Å². The second-order valence-electron chi connectivity index (χ2n) is 2.67. The zero-order chi connectivity index (χ0) is 11.6. The van der Waals surface area contributed by atoms with Crippen LogP contribution in [0.1, 0.15) is 22.0 Å². The predicted octanol–water partition coefficient (Wildman–Crippen LogP) is 1.59. The van der Waals surface area contributed by atoms with Crippen molar-refractivity contribution in [2.24, 2.45) is 0 Å². The number of hydrogen-bond donors (Lipinski definition) is 0. The summed E-state index contributed by atoms with van der Waals surface area (Å²) in [4.78, 5) is 17.7. The van der Waals surface area contributed by atoms with Gasteiger partial charge in [-0.15, -0.1) is 0 Å². The van der Waals surface area contributed by atoms with Crippen LogP contribution in [0.25, 0.3) is 0 Å². The highest BCUT2D eigenvalue weighted by Crippen LogP contribution is 2.27. The van der Waals surface area contributed by atoms with Crippen LogP contribution in [0.5, 0.6) is 0 Å². The molecular formula is C8H7F3N2O2. The van der Waals surface area contributed by atoms with Crippen molar-refractivity contribution >= 4 is 5.97 Å². The summed E-state index contributed by atoms with van der Waals surface area (Å²) in [6.45, 7) is 1.27. The van der Waals surface area contributed by atoms with Gasteiger partial charge in [0.1, 0.15) is 11.5 Å². The number of hydrogen-bond acceptors (Lipinski definition) is 4. The monoisotopic (exact) mass is 220 g/mol. The van der Waals surface area contributed by atoms with Crippen molar-refractivity contribution in [3.8, 4) is 0 Å². The highest BCUT2D eigenvalue weighted by atomic mass is 19.4. The van der Waals surface area contributed by atoms with E-state index in [0.717, 1.165) is 7.11 Å². The van der Waals surface area contributed by atoms with Gasteiger partial charge in [0.15, 0.2) is 5.69 Å². The number of carbonyl (C=O) groups is 1. The highest BCUT2D eigenvalue weighted by molar-refractivity contribution is 5.87. The lowest BCUT2D eigenvalue weighted by Gasteiger charge is -2.07. The number of aromatic nitrogens is 2. The Labute approximate surface area is 83.1 Å². The smallest absolute Gasteiger partial charge is 0.433 e. The fourth-order valence-corrected chi connectivity index (χ4v) is 0.922. The molecule has 0 saturated heterocycles. The number of carbonyl (C=O) groups excluding carboxylic acids is 1. The van der Waals surface area contributed by atoms with Crippen LogP contribution in [0.2, 0.25) is 0 Å². The van der Waals surface area contributed by atoms with E-state index in [1.807, 2.05) is 0 Å². The van der Waals surface area contributed by atoms with E-state index in [-0.39, 0.29) is 5.82 Å². The first-order valence-corrected chi connectivity index (χ1v) is 3.86. The molecule has 82 valence electrons. The SMILES string of the molecule is COC(=O)c1cc(C(F)(F)F)nc(C)n1. The average Bonchev–Trinajstić information content (AvgIpc) is 2.14. The Balaban J connectivity index is 3.23. The van der Waals surface area contributed by atoms with E-state index >= 15 is 0 Å². The molecule has 0 unspecified atom stereocenters. The molecule has 15 heavy (non-hydrogen) atoms. The quantitative estimate of drug-likeness (QED) is 0.674. The molecule has 1 aromatic heterocycles. The Morgan fingerprint density at radius 2 is 2.00 bits per heavy atom. The van der Waals surface area contributed by atoms with Gasteiger partial charge in [-0.1, -0.05) is 0 Å². The summed E-state index contributed by atoms with van der Waals surface area (Å²) in [5, 5.41) is 0. The van der Waals surface area contributed by atoms with Crippen molar-refractivity contribution in [1.82, 2.24) is 9.97 Å². The van der Waals surface area contributed by atoms with Crippen LogP contribution in [-0.4, -0.2) is 23.0 Å². The van der Waals surface area contributed by atoms with Crippen LogP contribution in [0.3, 0.4) is 0 Å². The summed E-state index contributed by atoms with van der Waals surface area (Å²) in [7, 11) is 1.06. The second-order valence-corrected chi connectivity index (χ2v) is 2.67. The third-order valence-corrected chi connectivity index (χ3v) is 1.52. The van der Waals surface area contributed by atoms with Crippen molar-refractivity contribution in [3.63, 3.8) is 0 Å². The standard InChI is InChI=1S/C8H7F3N2O2/c1-4-12-5(7(14)15-2)3-6(13-4)8(9,10)11/h3H,1-2H3. The summed E-state index contributed by atoms with van der Waals surface area (Å²) in [6.07, 6.45) is -4.60. The minimum Gasteiger partial charge on any atom is -0.464 e. The van der Waals surface area contributed by atoms with Gasteiger partial charge in [0.25, 0.3) is 0 Å². The van der Waals surface area contributed by atoms with Gasteiger partial charge in [-0.3, -0.25) is 0 Å². The molecule has 1 heterocycles. The van der Waals surface area contributed by atoms with Gasteiger partial charge < -0.3 is 4.74 Å². The average molecular weight is 220 g/mol. The van der Waals surface area contributed by atoms with Crippen LogP contribution in [0, 0.1) is 6.92 Å². The Hall–Kier alpha value is -1.66. The van der Waals surface area contributed by atoms with Crippen molar-refractivity contribution in [1.29, 1.82) is 0 Å². The predicted molar refractivity (Wildman–Crippen MR) is 43.1 cm³/mol. The lowest BCUT2D eigenvalue weighted by atomic mass is 10.3. The largest absolute Gasteiger partial charge is 0.464 e. The number of rotatable bonds is 1. The van der Waals surface area contributed by atoms with Crippen molar-refractivity contribution in [2.45, 2.75) is 13.1 Å². The summed E-state index contributed by atoms with van der Waals surface area (Å²) in [5.41, 5.74) is -1.56. The molecule has 0 aromatic carbocycles. The third-order valence-electron chi connectivity index (χ3n) is 1.52. The molecule has 0 aliphatic carbocycles. The lowest BCUT2D eigenvalue weighted by Crippen LogP contribution is -2.14. The topological polar surface area (TPSA) is 52.1 Å². The maximum Gasteiger partial charge on any atom is 0.433 e. The number of esters is 1. The van der Waals surface area contributed by atoms with E-state index in [9.17, 15) is 18.0 Å². The molecule has 1 aromatic rings. The number of methoxy groups -OCH3 is 1. The molecule has 0 spiro atoms. The normalized spacial score (nSPS) is 11.3. The first-order valence-electron chi connectivity index (χ1n) is 3.86. The second kappa shape index (κ2) is 3.84. The first-order chi connectivity index (χ1) is 6.84. The molecule has 0 aliphatic rings. The number of alkyl halides is 3. The zero-order valence-electron chi connectivity index (χ0n) is 7.92. The third kappa shape index (κ3) is 2.64. The van der Waals surface area contributed by atoms with Gasteiger partial charge in [-0.05, 0) is 6.92 Å². The summed E-state index contributed by atoms with van der Waals surface area (Å²) in [5.74, 6) is -1.06. The van der Waals surface area contributed by atoms with Gasteiger partial charge in [-0.2, -0.15) is 13.2 Å². The maximum atomic E-state index is 12.3. The van der Waals surface area contributed by atoms with Crippen molar-refractivity contribution in [2.75, 3.05) is 7.11 Å². The Morgan fingerprint density at radius 1 is 1.40 bits per heavy atom. The first kappa shape index (κ1) is 11.4. The maximum absolute atomic E-state index is 12.3. The van der Waals surface area contributed by atoms with Gasteiger partial charge >= 0.3 is 12.1 Å². The van der Waals surface area contributed by atoms with E-state index in [2.05, 4.69) is 14.7 Å². The molecule has 0 amide bonds. The zero-order valence-corrected chi connectivity index (χ0v) is 7.92. The molecule has 0 radical (unpaired) electrons. The van der Waals surface area contributed by atoms with Gasteiger partial charge in [0, 0.05) is 6.07 Å².